The number of allylic oxidation sites excluding steroid dienone is 4. The average Bonchev–Trinajstić information content (AvgIpc) is 2.89. The van der Waals surface area contributed by atoms with Gasteiger partial charge in [-0.3, -0.25) is 9.69 Å². The Kier molecular flexibility index (Phi) is 3.94. The highest BCUT2D eigenvalue weighted by Crippen LogP contribution is 2.15. The van der Waals surface area contributed by atoms with Gasteiger partial charge in [-0.2, -0.15) is 0 Å². The van der Waals surface area contributed by atoms with E-state index in [0.29, 0.717) is 11.8 Å². The molecular weight excluding hydrogens is 214 g/mol. The number of rotatable bonds is 6. The van der Waals surface area contributed by atoms with Crippen LogP contribution in [0, 0.1) is 11.8 Å². The second-order valence-electron chi connectivity index (χ2n) is 4.46. The molecule has 0 aliphatic heterocycles. The molecule has 0 saturated heterocycles. The molecular formula is C14H17NO2. The van der Waals surface area contributed by atoms with Crippen LogP contribution in [-0.4, -0.2) is 35.6 Å². The number of aliphatic carboxylic acids is 1. The van der Waals surface area contributed by atoms with Gasteiger partial charge in [-0.15, -0.1) is 0 Å². The Hall–Kier alpha value is -1.61. The van der Waals surface area contributed by atoms with Crippen LogP contribution in [0.5, 0.6) is 0 Å². The Balaban J connectivity index is 1.89. The molecule has 0 aromatic rings. The summed E-state index contributed by atoms with van der Waals surface area (Å²) in [5.41, 5.74) is 0. The van der Waals surface area contributed by atoms with Gasteiger partial charge in [0, 0.05) is 24.9 Å². The van der Waals surface area contributed by atoms with Crippen LogP contribution >= 0.6 is 0 Å². The van der Waals surface area contributed by atoms with Crippen molar-refractivity contribution in [2.24, 2.45) is 11.8 Å². The lowest BCUT2D eigenvalue weighted by Gasteiger charge is -2.24. The molecule has 3 heteroatoms. The number of carbonyl (C=O) groups is 1. The molecule has 0 atom stereocenters. The Bertz CT molecular complexity index is 339. The summed E-state index contributed by atoms with van der Waals surface area (Å²) in [6, 6.07) is 0. The van der Waals surface area contributed by atoms with Crippen molar-refractivity contribution in [2.75, 3.05) is 19.6 Å². The van der Waals surface area contributed by atoms with E-state index in [4.69, 9.17) is 5.11 Å². The number of carboxylic acids is 1. The van der Waals surface area contributed by atoms with E-state index in [-0.39, 0.29) is 6.54 Å². The van der Waals surface area contributed by atoms with Crippen LogP contribution in [0.2, 0.25) is 0 Å². The van der Waals surface area contributed by atoms with Gasteiger partial charge in [0.05, 0.1) is 6.54 Å². The van der Waals surface area contributed by atoms with Crippen molar-refractivity contribution >= 4 is 5.97 Å². The van der Waals surface area contributed by atoms with Gasteiger partial charge in [-0.25, -0.2) is 0 Å². The van der Waals surface area contributed by atoms with Crippen LogP contribution in [0.15, 0.2) is 48.6 Å². The molecule has 1 N–H and O–H groups in total. The predicted octanol–water partition coefficient (Wildman–Crippen LogP) is 1.86. The molecule has 0 amide bonds. The molecule has 0 unspecified atom stereocenters. The van der Waals surface area contributed by atoms with Gasteiger partial charge in [0.15, 0.2) is 0 Å². The van der Waals surface area contributed by atoms with Crippen molar-refractivity contribution < 1.29 is 9.90 Å². The zero-order valence-corrected chi connectivity index (χ0v) is 9.70. The van der Waals surface area contributed by atoms with E-state index >= 15 is 0 Å². The van der Waals surface area contributed by atoms with E-state index < -0.39 is 5.97 Å². The summed E-state index contributed by atoms with van der Waals surface area (Å²) >= 11 is 0. The van der Waals surface area contributed by atoms with E-state index in [9.17, 15) is 4.79 Å². The fourth-order valence-corrected chi connectivity index (χ4v) is 2.19. The van der Waals surface area contributed by atoms with E-state index in [2.05, 4.69) is 24.3 Å². The summed E-state index contributed by atoms with van der Waals surface area (Å²) in [5, 5.41) is 8.92. The summed E-state index contributed by atoms with van der Waals surface area (Å²) in [6.45, 7) is 1.66. The lowest BCUT2D eigenvalue weighted by atomic mass is 10.1. The first-order chi connectivity index (χ1) is 8.24. The first-order valence-electron chi connectivity index (χ1n) is 5.88. The largest absolute Gasteiger partial charge is 0.480 e. The molecule has 17 heavy (non-hydrogen) atoms. The van der Waals surface area contributed by atoms with Crippen LogP contribution in [-0.2, 0) is 4.79 Å². The molecule has 90 valence electrons. The maximum atomic E-state index is 10.8. The smallest absolute Gasteiger partial charge is 0.317 e. The van der Waals surface area contributed by atoms with Gasteiger partial charge in [-0.1, -0.05) is 48.6 Å². The third-order valence-electron chi connectivity index (χ3n) is 2.95. The summed E-state index contributed by atoms with van der Waals surface area (Å²) in [5.74, 6) is -0.0608. The van der Waals surface area contributed by atoms with Crippen molar-refractivity contribution in [3.05, 3.63) is 48.6 Å². The molecule has 2 aliphatic rings. The maximum absolute atomic E-state index is 10.8. The van der Waals surface area contributed by atoms with Gasteiger partial charge < -0.3 is 5.11 Å². The zero-order valence-electron chi connectivity index (χ0n) is 9.70. The monoisotopic (exact) mass is 231 g/mol. The quantitative estimate of drug-likeness (QED) is 0.758. The zero-order chi connectivity index (χ0) is 12.1. The van der Waals surface area contributed by atoms with Crippen molar-refractivity contribution in [3.8, 4) is 0 Å². The van der Waals surface area contributed by atoms with Crippen LogP contribution < -0.4 is 0 Å². The highest BCUT2D eigenvalue weighted by atomic mass is 16.4. The van der Waals surface area contributed by atoms with Gasteiger partial charge in [0.25, 0.3) is 0 Å². The number of hydrogen-bond donors (Lipinski definition) is 1. The first kappa shape index (κ1) is 11.9. The predicted molar refractivity (Wildman–Crippen MR) is 67.6 cm³/mol. The lowest BCUT2D eigenvalue weighted by Crippen LogP contribution is -2.36. The third-order valence-corrected chi connectivity index (χ3v) is 2.95. The van der Waals surface area contributed by atoms with Crippen molar-refractivity contribution in [2.45, 2.75) is 0 Å². The second-order valence-corrected chi connectivity index (χ2v) is 4.46. The van der Waals surface area contributed by atoms with E-state index in [0.717, 1.165) is 13.1 Å². The average molecular weight is 231 g/mol. The molecule has 0 bridgehead atoms. The van der Waals surface area contributed by atoms with Crippen LogP contribution in [0.25, 0.3) is 0 Å². The lowest BCUT2D eigenvalue weighted by molar-refractivity contribution is -0.138. The number of hydrogen-bond acceptors (Lipinski definition) is 2. The number of carboxylic acid groups (broad SMARTS) is 1. The molecule has 0 aromatic carbocycles. The minimum Gasteiger partial charge on any atom is -0.480 e. The SMILES string of the molecule is O=C(O)CN(CC1C=CC=C1)CC1C=CC=C1. The molecule has 0 aromatic heterocycles. The van der Waals surface area contributed by atoms with Gasteiger partial charge >= 0.3 is 5.97 Å². The van der Waals surface area contributed by atoms with Crippen molar-refractivity contribution in [1.29, 1.82) is 0 Å². The van der Waals surface area contributed by atoms with Crippen molar-refractivity contribution in [3.63, 3.8) is 0 Å². The van der Waals surface area contributed by atoms with E-state index in [1.165, 1.54) is 0 Å². The Morgan fingerprint density at radius 1 is 0.941 bits per heavy atom. The summed E-state index contributed by atoms with van der Waals surface area (Å²) in [6.07, 6.45) is 16.5. The Labute approximate surface area is 101 Å². The van der Waals surface area contributed by atoms with Crippen LogP contribution in [0.3, 0.4) is 0 Å². The highest BCUT2D eigenvalue weighted by Gasteiger charge is 2.17. The molecule has 2 rings (SSSR count). The van der Waals surface area contributed by atoms with Crippen LogP contribution in [0.1, 0.15) is 0 Å². The van der Waals surface area contributed by atoms with Crippen LogP contribution in [0.4, 0.5) is 0 Å². The summed E-state index contributed by atoms with van der Waals surface area (Å²) in [4.78, 5) is 12.8. The van der Waals surface area contributed by atoms with E-state index in [1.807, 2.05) is 29.2 Å². The Morgan fingerprint density at radius 2 is 1.35 bits per heavy atom. The third kappa shape index (κ3) is 3.71. The van der Waals surface area contributed by atoms with Gasteiger partial charge in [0.1, 0.15) is 0 Å². The van der Waals surface area contributed by atoms with Crippen molar-refractivity contribution in [1.82, 2.24) is 4.90 Å². The molecule has 3 nitrogen and oxygen atoms in total. The molecule has 0 heterocycles. The fraction of sp³-hybridized carbons (Fsp3) is 0.357. The first-order valence-corrected chi connectivity index (χ1v) is 5.88. The fourth-order valence-electron chi connectivity index (χ4n) is 2.19. The summed E-state index contributed by atoms with van der Waals surface area (Å²) in [7, 11) is 0. The normalized spacial score (nSPS) is 18.9. The minimum absolute atomic E-state index is 0.108. The molecule has 0 spiro atoms. The summed E-state index contributed by atoms with van der Waals surface area (Å²) < 4.78 is 0. The minimum atomic E-state index is -0.762. The topological polar surface area (TPSA) is 40.5 Å². The second kappa shape index (κ2) is 5.64. The molecule has 0 radical (unpaired) electrons. The van der Waals surface area contributed by atoms with Gasteiger partial charge in [0.2, 0.25) is 0 Å². The highest BCUT2D eigenvalue weighted by molar-refractivity contribution is 5.69. The van der Waals surface area contributed by atoms with Gasteiger partial charge in [-0.05, 0) is 0 Å². The molecule has 0 saturated carbocycles. The van der Waals surface area contributed by atoms with E-state index in [1.54, 1.807) is 0 Å². The maximum Gasteiger partial charge on any atom is 0.317 e. The molecule has 0 fully saturated rings. The number of nitrogens with zero attached hydrogens (tertiary/aromatic N) is 1. The Morgan fingerprint density at radius 3 is 1.71 bits per heavy atom. The molecule has 2 aliphatic carbocycles. The standard InChI is InChI=1S/C14H17NO2/c16-14(17)11-15(9-12-5-1-2-6-12)10-13-7-3-4-8-13/h1-8,12-13H,9-11H2,(H,16,17).